The fraction of sp³-hybridized carbons (Fsp3) is 1.00. The predicted octanol–water partition coefficient (Wildman–Crippen LogP) is 1.24. The minimum atomic E-state index is -0.0260. The van der Waals surface area contributed by atoms with Gasteiger partial charge in [-0.2, -0.15) is 0 Å². The van der Waals surface area contributed by atoms with Crippen molar-refractivity contribution in [1.82, 2.24) is 4.90 Å². The van der Waals surface area contributed by atoms with Crippen molar-refractivity contribution in [2.75, 3.05) is 40.5 Å². The lowest BCUT2D eigenvalue weighted by Crippen LogP contribution is -2.59. The lowest BCUT2D eigenvalue weighted by molar-refractivity contribution is -0.0808. The second-order valence-electron chi connectivity index (χ2n) is 5.62. The first kappa shape index (κ1) is 14.9. The molecule has 0 bridgehead atoms. The average molecular weight is 244 g/mol. The molecule has 1 heterocycles. The standard InChI is InChI=1S/C13H28N2O2/c1-12(10-14,7-9-16-3)15-8-5-6-13(2,11-15)17-4/h5-11,14H2,1-4H3. The highest BCUT2D eigenvalue weighted by Crippen LogP contribution is 2.30. The zero-order valence-corrected chi connectivity index (χ0v) is 11.8. The number of piperidine rings is 1. The monoisotopic (exact) mass is 244 g/mol. The van der Waals surface area contributed by atoms with Crippen molar-refractivity contribution < 1.29 is 9.47 Å². The van der Waals surface area contributed by atoms with Crippen LogP contribution in [-0.2, 0) is 9.47 Å². The minimum absolute atomic E-state index is 0.0240. The second kappa shape index (κ2) is 6.14. The van der Waals surface area contributed by atoms with Crippen LogP contribution in [0.15, 0.2) is 0 Å². The fourth-order valence-electron chi connectivity index (χ4n) is 2.54. The van der Waals surface area contributed by atoms with Gasteiger partial charge in [-0.3, -0.25) is 4.90 Å². The van der Waals surface area contributed by atoms with E-state index in [4.69, 9.17) is 15.2 Å². The number of nitrogens with zero attached hydrogens (tertiary/aromatic N) is 1. The molecule has 1 saturated heterocycles. The van der Waals surface area contributed by atoms with Gasteiger partial charge in [-0.05, 0) is 39.7 Å². The second-order valence-corrected chi connectivity index (χ2v) is 5.62. The highest BCUT2D eigenvalue weighted by Gasteiger charge is 2.38. The number of methoxy groups -OCH3 is 2. The fourth-order valence-corrected chi connectivity index (χ4v) is 2.54. The first-order valence-electron chi connectivity index (χ1n) is 6.49. The summed E-state index contributed by atoms with van der Waals surface area (Å²) in [4.78, 5) is 2.47. The Bertz CT molecular complexity index is 237. The summed E-state index contributed by atoms with van der Waals surface area (Å²) in [5, 5.41) is 0. The largest absolute Gasteiger partial charge is 0.385 e. The van der Waals surface area contributed by atoms with Gasteiger partial charge in [0, 0.05) is 39.5 Å². The molecule has 1 rings (SSSR count). The van der Waals surface area contributed by atoms with Gasteiger partial charge in [0.15, 0.2) is 0 Å². The van der Waals surface area contributed by atoms with Gasteiger partial charge in [-0.1, -0.05) is 0 Å². The predicted molar refractivity (Wildman–Crippen MR) is 70.2 cm³/mol. The van der Waals surface area contributed by atoms with E-state index in [9.17, 15) is 0 Å². The van der Waals surface area contributed by atoms with Gasteiger partial charge in [0.05, 0.1) is 5.60 Å². The van der Waals surface area contributed by atoms with Crippen LogP contribution in [0.5, 0.6) is 0 Å². The van der Waals surface area contributed by atoms with Crippen molar-refractivity contribution in [2.24, 2.45) is 5.73 Å². The lowest BCUT2D eigenvalue weighted by Gasteiger charge is -2.48. The zero-order chi connectivity index (χ0) is 12.9. The van der Waals surface area contributed by atoms with E-state index in [1.54, 1.807) is 14.2 Å². The molecule has 1 aliphatic heterocycles. The summed E-state index contributed by atoms with van der Waals surface area (Å²) in [5.74, 6) is 0. The zero-order valence-electron chi connectivity index (χ0n) is 11.8. The van der Waals surface area contributed by atoms with Crippen LogP contribution >= 0.6 is 0 Å². The SMILES string of the molecule is COCCC(C)(CN)N1CCCC(C)(OC)C1. The molecule has 17 heavy (non-hydrogen) atoms. The minimum Gasteiger partial charge on any atom is -0.385 e. The Labute approximate surface area is 105 Å². The highest BCUT2D eigenvalue weighted by molar-refractivity contribution is 4.94. The van der Waals surface area contributed by atoms with Crippen molar-refractivity contribution in [3.05, 3.63) is 0 Å². The smallest absolute Gasteiger partial charge is 0.0777 e. The summed E-state index contributed by atoms with van der Waals surface area (Å²) in [5.41, 5.74) is 5.97. The van der Waals surface area contributed by atoms with E-state index < -0.39 is 0 Å². The molecule has 0 aromatic heterocycles. The average Bonchev–Trinajstić information content (AvgIpc) is 2.36. The molecule has 2 unspecified atom stereocenters. The van der Waals surface area contributed by atoms with Crippen molar-refractivity contribution in [1.29, 1.82) is 0 Å². The Kier molecular flexibility index (Phi) is 5.38. The number of ether oxygens (including phenoxy) is 2. The van der Waals surface area contributed by atoms with E-state index in [0.29, 0.717) is 6.54 Å². The van der Waals surface area contributed by atoms with Crippen LogP contribution in [0.1, 0.15) is 33.1 Å². The maximum atomic E-state index is 5.97. The number of hydrogen-bond donors (Lipinski definition) is 1. The number of hydrogen-bond acceptors (Lipinski definition) is 4. The van der Waals surface area contributed by atoms with Crippen molar-refractivity contribution >= 4 is 0 Å². The third kappa shape index (κ3) is 3.65. The molecule has 102 valence electrons. The number of likely N-dealkylation sites (tertiary alicyclic amines) is 1. The molecule has 1 aliphatic rings. The van der Waals surface area contributed by atoms with E-state index >= 15 is 0 Å². The maximum Gasteiger partial charge on any atom is 0.0777 e. The molecule has 0 aromatic carbocycles. The topological polar surface area (TPSA) is 47.7 Å². The van der Waals surface area contributed by atoms with Gasteiger partial charge in [0.1, 0.15) is 0 Å². The normalized spacial score (nSPS) is 30.2. The van der Waals surface area contributed by atoms with E-state index in [2.05, 4.69) is 18.7 Å². The van der Waals surface area contributed by atoms with Gasteiger partial charge >= 0.3 is 0 Å². The maximum absolute atomic E-state index is 5.97. The quantitative estimate of drug-likeness (QED) is 0.764. The third-order valence-corrected chi connectivity index (χ3v) is 4.20. The Morgan fingerprint density at radius 3 is 2.65 bits per heavy atom. The van der Waals surface area contributed by atoms with Crippen LogP contribution in [0.25, 0.3) is 0 Å². The molecule has 1 fully saturated rings. The third-order valence-electron chi connectivity index (χ3n) is 4.20. The Balaban J connectivity index is 2.68. The van der Waals surface area contributed by atoms with Gasteiger partial charge in [-0.15, -0.1) is 0 Å². The summed E-state index contributed by atoms with van der Waals surface area (Å²) in [6.07, 6.45) is 3.28. The number of nitrogens with two attached hydrogens (primary N) is 1. The highest BCUT2D eigenvalue weighted by atomic mass is 16.5. The molecule has 0 aliphatic carbocycles. The Hall–Kier alpha value is -0.160. The van der Waals surface area contributed by atoms with Crippen molar-refractivity contribution in [3.8, 4) is 0 Å². The summed E-state index contributed by atoms with van der Waals surface area (Å²) >= 11 is 0. The number of rotatable bonds is 6. The van der Waals surface area contributed by atoms with Crippen LogP contribution in [0.3, 0.4) is 0 Å². The molecular formula is C13H28N2O2. The van der Waals surface area contributed by atoms with Gasteiger partial charge in [-0.25, -0.2) is 0 Å². The summed E-state index contributed by atoms with van der Waals surface area (Å²) < 4.78 is 10.8. The summed E-state index contributed by atoms with van der Waals surface area (Å²) in [6.45, 7) is 7.90. The van der Waals surface area contributed by atoms with Crippen LogP contribution < -0.4 is 5.73 Å². The van der Waals surface area contributed by atoms with Gasteiger partial charge < -0.3 is 15.2 Å². The van der Waals surface area contributed by atoms with Gasteiger partial charge in [0.25, 0.3) is 0 Å². The van der Waals surface area contributed by atoms with E-state index in [1.165, 1.54) is 6.42 Å². The molecule has 0 radical (unpaired) electrons. The molecule has 2 atom stereocenters. The molecule has 0 aromatic rings. The first-order chi connectivity index (χ1) is 7.99. The molecule has 4 nitrogen and oxygen atoms in total. The molecule has 0 saturated carbocycles. The van der Waals surface area contributed by atoms with Crippen molar-refractivity contribution in [3.63, 3.8) is 0 Å². The van der Waals surface area contributed by atoms with Crippen LogP contribution in [-0.4, -0.2) is 56.5 Å². The Morgan fingerprint density at radius 2 is 2.12 bits per heavy atom. The molecule has 2 N–H and O–H groups in total. The molecular weight excluding hydrogens is 216 g/mol. The molecule has 0 spiro atoms. The summed E-state index contributed by atoms with van der Waals surface area (Å²) in [6, 6.07) is 0. The van der Waals surface area contributed by atoms with Crippen LogP contribution in [0, 0.1) is 0 Å². The van der Waals surface area contributed by atoms with Crippen molar-refractivity contribution in [2.45, 2.75) is 44.2 Å². The summed E-state index contributed by atoms with van der Waals surface area (Å²) in [7, 11) is 3.55. The van der Waals surface area contributed by atoms with E-state index in [1.807, 2.05) is 0 Å². The first-order valence-corrected chi connectivity index (χ1v) is 6.49. The molecule has 0 amide bonds. The van der Waals surface area contributed by atoms with E-state index in [-0.39, 0.29) is 11.1 Å². The Morgan fingerprint density at radius 1 is 1.41 bits per heavy atom. The van der Waals surface area contributed by atoms with Crippen LogP contribution in [0.2, 0.25) is 0 Å². The van der Waals surface area contributed by atoms with E-state index in [0.717, 1.165) is 32.5 Å². The lowest BCUT2D eigenvalue weighted by atomic mass is 9.87. The van der Waals surface area contributed by atoms with Crippen LogP contribution in [0.4, 0.5) is 0 Å². The molecule has 4 heteroatoms. The van der Waals surface area contributed by atoms with Gasteiger partial charge in [0.2, 0.25) is 0 Å².